The molecule has 0 fully saturated rings. The number of aliphatic carboxylic acids is 1. The van der Waals surface area contributed by atoms with E-state index in [1.807, 2.05) is 42.5 Å². The lowest BCUT2D eigenvalue weighted by Crippen LogP contribution is -2.07. The number of carboxylic acids is 1. The van der Waals surface area contributed by atoms with Gasteiger partial charge in [-0.15, -0.1) is 5.10 Å². The minimum atomic E-state index is -1.04. The molecule has 5 rings (SSSR count). The zero-order chi connectivity index (χ0) is 24.4. The van der Waals surface area contributed by atoms with Gasteiger partial charge in [0.1, 0.15) is 11.3 Å². The second-order valence-corrected chi connectivity index (χ2v) is 7.88. The summed E-state index contributed by atoms with van der Waals surface area (Å²) in [5, 5.41) is 20.5. The van der Waals surface area contributed by atoms with E-state index in [1.165, 1.54) is 24.3 Å². The molecular weight excluding hydrogens is 471 g/mol. The molecule has 0 saturated carbocycles. The molecule has 2 heterocycles. The Morgan fingerprint density at radius 2 is 1.94 bits per heavy atom. The molecular formula is C25H16ClFN6O2. The van der Waals surface area contributed by atoms with Crippen molar-refractivity contribution in [2.45, 2.75) is 0 Å². The number of anilines is 2. The number of rotatable bonds is 6. The Hall–Kier alpha value is -4.63. The molecule has 2 aromatic heterocycles. The Kier molecular flexibility index (Phi) is 5.90. The average molecular weight is 487 g/mol. The van der Waals surface area contributed by atoms with Crippen LogP contribution in [-0.4, -0.2) is 36.0 Å². The van der Waals surface area contributed by atoms with Gasteiger partial charge in [0.15, 0.2) is 5.82 Å². The van der Waals surface area contributed by atoms with Gasteiger partial charge in [-0.3, -0.25) is 0 Å². The van der Waals surface area contributed by atoms with E-state index in [2.05, 4.69) is 25.6 Å². The zero-order valence-electron chi connectivity index (χ0n) is 17.9. The Bertz CT molecular complexity index is 1600. The standard InChI is InChI=1S/C25H16ClFN6O2/c26-19-13-17(9-10-20(19)27)29-25-28-14-18(16-5-3-4-15(12-16)8-11-23(34)35)24(30-25)33-22-7-2-1-6-21(22)31-32-33/h1-14H,(H,34,35)(H,28,29,30). The van der Waals surface area contributed by atoms with Crippen LogP contribution in [0.1, 0.15) is 5.56 Å². The van der Waals surface area contributed by atoms with Crippen LogP contribution in [0, 0.1) is 5.82 Å². The third-order valence-corrected chi connectivity index (χ3v) is 5.40. The zero-order valence-corrected chi connectivity index (χ0v) is 18.7. The maximum atomic E-state index is 13.6. The molecule has 5 aromatic rings. The molecule has 0 saturated heterocycles. The van der Waals surface area contributed by atoms with Crippen molar-refractivity contribution < 1.29 is 14.3 Å². The van der Waals surface area contributed by atoms with Gasteiger partial charge in [0.05, 0.1) is 10.5 Å². The Morgan fingerprint density at radius 1 is 1.09 bits per heavy atom. The van der Waals surface area contributed by atoms with Gasteiger partial charge in [0.2, 0.25) is 5.95 Å². The Morgan fingerprint density at radius 3 is 2.77 bits per heavy atom. The molecule has 0 unspecified atom stereocenters. The molecule has 0 spiro atoms. The van der Waals surface area contributed by atoms with E-state index in [9.17, 15) is 9.18 Å². The third kappa shape index (κ3) is 4.71. The smallest absolute Gasteiger partial charge is 0.328 e. The topological polar surface area (TPSA) is 106 Å². The monoisotopic (exact) mass is 486 g/mol. The lowest BCUT2D eigenvalue weighted by Gasteiger charge is -2.12. The van der Waals surface area contributed by atoms with Gasteiger partial charge in [-0.05, 0) is 53.6 Å². The fourth-order valence-corrected chi connectivity index (χ4v) is 3.68. The molecule has 0 bridgehead atoms. The van der Waals surface area contributed by atoms with E-state index in [0.29, 0.717) is 28.1 Å². The molecule has 10 heteroatoms. The molecule has 0 radical (unpaired) electrons. The van der Waals surface area contributed by atoms with Crippen molar-refractivity contribution >= 4 is 46.3 Å². The summed E-state index contributed by atoms with van der Waals surface area (Å²) in [6.07, 6.45) is 4.21. The molecule has 0 aliphatic rings. The van der Waals surface area contributed by atoms with E-state index >= 15 is 0 Å². The number of hydrogen-bond acceptors (Lipinski definition) is 6. The number of benzene rings is 3. The second-order valence-electron chi connectivity index (χ2n) is 7.47. The van der Waals surface area contributed by atoms with Crippen LogP contribution in [0.3, 0.4) is 0 Å². The van der Waals surface area contributed by atoms with Crippen LogP contribution in [0.4, 0.5) is 16.0 Å². The highest BCUT2D eigenvalue weighted by atomic mass is 35.5. The van der Waals surface area contributed by atoms with E-state index < -0.39 is 11.8 Å². The largest absolute Gasteiger partial charge is 0.478 e. The molecule has 0 aliphatic carbocycles. The van der Waals surface area contributed by atoms with Gasteiger partial charge in [-0.2, -0.15) is 9.67 Å². The number of carboxylic acid groups (broad SMARTS) is 1. The van der Waals surface area contributed by atoms with Crippen LogP contribution in [-0.2, 0) is 4.79 Å². The van der Waals surface area contributed by atoms with E-state index in [4.69, 9.17) is 16.7 Å². The number of aromatic nitrogens is 5. The van der Waals surface area contributed by atoms with Gasteiger partial charge in [-0.1, -0.05) is 47.1 Å². The van der Waals surface area contributed by atoms with Crippen LogP contribution in [0.25, 0.3) is 34.1 Å². The molecule has 0 amide bonds. The summed E-state index contributed by atoms with van der Waals surface area (Å²) in [5.41, 5.74) is 4.04. The van der Waals surface area contributed by atoms with Crippen LogP contribution in [0.2, 0.25) is 5.02 Å². The first kappa shape index (κ1) is 22.2. The molecule has 172 valence electrons. The fourth-order valence-electron chi connectivity index (χ4n) is 3.50. The van der Waals surface area contributed by atoms with Crippen LogP contribution in [0.5, 0.6) is 0 Å². The quantitative estimate of drug-likeness (QED) is 0.305. The molecule has 8 nitrogen and oxygen atoms in total. The highest BCUT2D eigenvalue weighted by molar-refractivity contribution is 6.31. The van der Waals surface area contributed by atoms with Crippen molar-refractivity contribution in [3.05, 3.63) is 95.4 Å². The van der Waals surface area contributed by atoms with Crippen molar-refractivity contribution in [2.24, 2.45) is 0 Å². The van der Waals surface area contributed by atoms with Gasteiger partial charge in [0, 0.05) is 23.5 Å². The van der Waals surface area contributed by atoms with Gasteiger partial charge in [0.25, 0.3) is 0 Å². The number of hydrogen-bond donors (Lipinski definition) is 2. The summed E-state index contributed by atoms with van der Waals surface area (Å²) in [7, 11) is 0. The van der Waals surface area contributed by atoms with Crippen molar-refractivity contribution in [1.29, 1.82) is 0 Å². The van der Waals surface area contributed by atoms with Gasteiger partial charge >= 0.3 is 5.97 Å². The van der Waals surface area contributed by atoms with E-state index in [-0.39, 0.29) is 11.0 Å². The number of nitrogens with one attached hydrogen (secondary N) is 1. The lowest BCUT2D eigenvalue weighted by atomic mass is 10.0. The number of carbonyl (C=O) groups is 1. The van der Waals surface area contributed by atoms with Gasteiger partial charge < -0.3 is 10.4 Å². The third-order valence-electron chi connectivity index (χ3n) is 5.11. The molecule has 3 aromatic carbocycles. The highest BCUT2D eigenvalue weighted by Crippen LogP contribution is 2.29. The maximum absolute atomic E-state index is 13.6. The van der Waals surface area contributed by atoms with Crippen molar-refractivity contribution in [3.8, 4) is 16.9 Å². The van der Waals surface area contributed by atoms with E-state index in [1.54, 1.807) is 16.9 Å². The Balaban J connectivity index is 1.63. The van der Waals surface area contributed by atoms with E-state index in [0.717, 1.165) is 17.2 Å². The van der Waals surface area contributed by atoms with Crippen LogP contribution < -0.4 is 5.32 Å². The van der Waals surface area contributed by atoms with Crippen molar-refractivity contribution in [2.75, 3.05) is 5.32 Å². The lowest BCUT2D eigenvalue weighted by molar-refractivity contribution is -0.131. The summed E-state index contributed by atoms with van der Waals surface area (Å²) < 4.78 is 15.2. The SMILES string of the molecule is O=C(O)C=Cc1cccc(-c2cnc(Nc3ccc(F)c(Cl)c3)nc2-n2nnc3ccccc32)c1. The van der Waals surface area contributed by atoms with Crippen LogP contribution in [0.15, 0.2) is 79.0 Å². The van der Waals surface area contributed by atoms with Gasteiger partial charge in [-0.25, -0.2) is 14.2 Å². The van der Waals surface area contributed by atoms with Crippen molar-refractivity contribution in [1.82, 2.24) is 25.0 Å². The first-order valence-electron chi connectivity index (χ1n) is 10.4. The Labute approximate surface area is 203 Å². The average Bonchev–Trinajstić information content (AvgIpc) is 3.29. The molecule has 35 heavy (non-hydrogen) atoms. The predicted octanol–water partition coefficient (Wildman–Crippen LogP) is 5.51. The minimum Gasteiger partial charge on any atom is -0.478 e. The number of nitrogens with zero attached hydrogens (tertiary/aromatic N) is 5. The number of para-hydroxylation sites is 1. The van der Waals surface area contributed by atoms with Crippen molar-refractivity contribution in [3.63, 3.8) is 0 Å². The second kappa shape index (κ2) is 9.32. The molecule has 2 N–H and O–H groups in total. The highest BCUT2D eigenvalue weighted by Gasteiger charge is 2.16. The summed E-state index contributed by atoms with van der Waals surface area (Å²) in [4.78, 5) is 20.0. The minimum absolute atomic E-state index is 0.0275. The first-order chi connectivity index (χ1) is 17.0. The fraction of sp³-hybridized carbons (Fsp3) is 0. The first-order valence-corrected chi connectivity index (χ1v) is 10.8. The predicted molar refractivity (Wildman–Crippen MR) is 131 cm³/mol. The summed E-state index contributed by atoms with van der Waals surface area (Å²) >= 11 is 5.90. The molecule has 0 aliphatic heterocycles. The summed E-state index contributed by atoms with van der Waals surface area (Å²) in [6.45, 7) is 0. The number of fused-ring (bicyclic) bond motifs is 1. The number of halogens is 2. The molecule has 0 atom stereocenters. The summed E-state index contributed by atoms with van der Waals surface area (Å²) in [6, 6.07) is 19.0. The normalized spacial score (nSPS) is 11.3. The van der Waals surface area contributed by atoms with Crippen LogP contribution >= 0.6 is 11.6 Å². The summed E-state index contributed by atoms with van der Waals surface area (Å²) in [5.74, 6) is -0.873. The maximum Gasteiger partial charge on any atom is 0.328 e.